The quantitative estimate of drug-likeness (QED) is 0.840. The predicted molar refractivity (Wildman–Crippen MR) is 76.7 cm³/mol. The van der Waals surface area contributed by atoms with Crippen LogP contribution in [-0.4, -0.2) is 49.8 Å². The van der Waals surface area contributed by atoms with Gasteiger partial charge < -0.3 is 10.2 Å². The number of carbonyl (C=O) groups excluding carboxylic acids is 1. The Morgan fingerprint density at radius 1 is 1.25 bits per heavy atom. The molecule has 9 heteroatoms. The second-order valence-electron chi connectivity index (χ2n) is 4.37. The van der Waals surface area contributed by atoms with Crippen LogP contribution in [0.5, 0.6) is 0 Å². The Kier molecular flexibility index (Phi) is 4.48. The summed E-state index contributed by atoms with van der Waals surface area (Å²) in [6, 6.07) is 6.52. The second-order valence-corrected chi connectivity index (χ2v) is 6.35. The van der Waals surface area contributed by atoms with E-state index in [1.807, 2.05) is 0 Å². The molecule has 0 saturated carbocycles. The molecule has 0 atom stereocenters. The highest BCUT2D eigenvalue weighted by Gasteiger charge is 2.26. The topological polar surface area (TPSA) is 95.7 Å². The molecular weight excluding hydrogens is 304 g/mol. The van der Waals surface area contributed by atoms with Crippen molar-refractivity contribution in [2.45, 2.75) is 0 Å². The Morgan fingerprint density at radius 2 is 1.90 bits per heavy atom. The highest BCUT2D eigenvalue weighted by Crippen LogP contribution is 2.16. The van der Waals surface area contributed by atoms with Gasteiger partial charge in [-0.25, -0.2) is 9.93 Å². The number of nitrogens with two attached hydrogens (primary N) is 1. The van der Waals surface area contributed by atoms with E-state index in [2.05, 4.69) is 5.32 Å². The van der Waals surface area contributed by atoms with Crippen molar-refractivity contribution in [3.63, 3.8) is 0 Å². The van der Waals surface area contributed by atoms with Gasteiger partial charge in [-0.2, -0.15) is 12.7 Å². The van der Waals surface area contributed by atoms with Crippen molar-refractivity contribution in [1.29, 1.82) is 0 Å². The highest BCUT2D eigenvalue weighted by molar-refractivity contribution is 7.86. The van der Waals surface area contributed by atoms with E-state index in [9.17, 15) is 13.2 Å². The molecule has 0 bridgehead atoms. The van der Waals surface area contributed by atoms with Crippen molar-refractivity contribution in [2.75, 3.05) is 31.5 Å². The van der Waals surface area contributed by atoms with E-state index in [0.29, 0.717) is 23.8 Å². The van der Waals surface area contributed by atoms with Gasteiger partial charge in [-0.3, -0.25) is 0 Å². The normalized spacial score (nSPS) is 17.0. The summed E-state index contributed by atoms with van der Waals surface area (Å²) in [5.74, 6) is 0. The molecule has 1 heterocycles. The van der Waals surface area contributed by atoms with Crippen molar-refractivity contribution in [3.8, 4) is 0 Å². The molecule has 0 spiro atoms. The van der Waals surface area contributed by atoms with Crippen molar-refractivity contribution in [1.82, 2.24) is 9.21 Å². The average molecular weight is 319 g/mol. The summed E-state index contributed by atoms with van der Waals surface area (Å²) in [5, 5.41) is 8.28. The summed E-state index contributed by atoms with van der Waals surface area (Å²) < 4.78 is 23.5. The van der Waals surface area contributed by atoms with Gasteiger partial charge in [-0.1, -0.05) is 17.7 Å². The van der Waals surface area contributed by atoms with Gasteiger partial charge in [0.25, 0.3) is 10.2 Å². The number of nitrogens with zero attached hydrogens (tertiary/aromatic N) is 2. The first-order valence-electron chi connectivity index (χ1n) is 5.95. The summed E-state index contributed by atoms with van der Waals surface area (Å²) in [5.41, 5.74) is 0.594. The number of carbonyl (C=O) groups is 1. The minimum Gasteiger partial charge on any atom is -0.322 e. The van der Waals surface area contributed by atoms with Crippen LogP contribution in [-0.2, 0) is 10.2 Å². The number of amides is 2. The van der Waals surface area contributed by atoms with Crippen LogP contribution in [0.2, 0.25) is 5.02 Å². The summed E-state index contributed by atoms with van der Waals surface area (Å²) in [6.45, 7) is 0.981. The van der Waals surface area contributed by atoms with Gasteiger partial charge in [0.15, 0.2) is 0 Å². The van der Waals surface area contributed by atoms with Crippen LogP contribution in [0.15, 0.2) is 24.3 Å². The third-order valence-electron chi connectivity index (χ3n) is 2.96. The molecule has 1 aromatic rings. The van der Waals surface area contributed by atoms with Crippen LogP contribution in [0, 0.1) is 0 Å². The molecule has 3 N–H and O–H groups in total. The van der Waals surface area contributed by atoms with E-state index in [1.165, 1.54) is 4.90 Å². The highest BCUT2D eigenvalue weighted by atomic mass is 35.5. The molecule has 1 fully saturated rings. The zero-order chi connectivity index (χ0) is 14.8. The Hall–Kier alpha value is -1.35. The second kappa shape index (κ2) is 5.96. The molecule has 1 aliphatic heterocycles. The average Bonchev–Trinajstić information content (AvgIpc) is 2.38. The van der Waals surface area contributed by atoms with Crippen molar-refractivity contribution in [3.05, 3.63) is 29.3 Å². The summed E-state index contributed by atoms with van der Waals surface area (Å²) in [4.78, 5) is 13.5. The largest absolute Gasteiger partial charge is 0.322 e. The molecule has 1 aromatic carbocycles. The fourth-order valence-electron chi connectivity index (χ4n) is 1.91. The van der Waals surface area contributed by atoms with E-state index < -0.39 is 10.2 Å². The first kappa shape index (κ1) is 15.0. The van der Waals surface area contributed by atoms with E-state index in [-0.39, 0.29) is 19.1 Å². The lowest BCUT2D eigenvalue weighted by Crippen LogP contribution is -2.53. The summed E-state index contributed by atoms with van der Waals surface area (Å²) in [6.07, 6.45) is 0. The molecule has 2 amide bonds. The van der Waals surface area contributed by atoms with Gasteiger partial charge in [0.05, 0.1) is 0 Å². The minimum absolute atomic E-state index is 0.196. The number of piperazine rings is 1. The lowest BCUT2D eigenvalue weighted by Gasteiger charge is -2.32. The van der Waals surface area contributed by atoms with Crippen molar-refractivity contribution < 1.29 is 13.2 Å². The van der Waals surface area contributed by atoms with Crippen molar-refractivity contribution in [2.24, 2.45) is 5.14 Å². The van der Waals surface area contributed by atoms with Crippen LogP contribution in [0.1, 0.15) is 0 Å². The van der Waals surface area contributed by atoms with Crippen LogP contribution in [0.3, 0.4) is 0 Å². The molecule has 2 rings (SSSR count). The number of urea groups is 1. The smallest absolute Gasteiger partial charge is 0.321 e. The molecule has 0 radical (unpaired) electrons. The molecule has 110 valence electrons. The maximum Gasteiger partial charge on any atom is 0.321 e. The van der Waals surface area contributed by atoms with Gasteiger partial charge in [0.2, 0.25) is 0 Å². The number of nitrogens with one attached hydrogen (secondary N) is 1. The summed E-state index contributed by atoms with van der Waals surface area (Å²) >= 11 is 5.83. The number of hydrogen-bond acceptors (Lipinski definition) is 3. The Labute approximate surface area is 122 Å². The van der Waals surface area contributed by atoms with Crippen LogP contribution < -0.4 is 10.5 Å². The van der Waals surface area contributed by atoms with Gasteiger partial charge in [-0.15, -0.1) is 0 Å². The Balaban J connectivity index is 1.92. The number of halogens is 1. The molecule has 1 aliphatic rings. The molecule has 0 aromatic heterocycles. The maximum absolute atomic E-state index is 12.0. The third kappa shape index (κ3) is 3.83. The number of rotatable bonds is 2. The van der Waals surface area contributed by atoms with Gasteiger partial charge in [-0.05, 0) is 18.2 Å². The standard InChI is InChI=1S/C11H15ClN4O3S/c12-9-2-1-3-10(8-9)14-11(17)15-4-6-16(7-5-15)20(13,18)19/h1-3,8H,4-7H2,(H,14,17)(H2,13,18,19). The fraction of sp³-hybridized carbons (Fsp3) is 0.364. The van der Waals surface area contributed by atoms with E-state index in [1.54, 1.807) is 24.3 Å². The van der Waals surface area contributed by atoms with Crippen LogP contribution in [0.4, 0.5) is 10.5 Å². The minimum atomic E-state index is -3.68. The van der Waals surface area contributed by atoms with Gasteiger partial charge >= 0.3 is 6.03 Å². The first-order valence-corrected chi connectivity index (χ1v) is 7.84. The molecule has 1 saturated heterocycles. The number of hydrogen-bond donors (Lipinski definition) is 2. The zero-order valence-corrected chi connectivity index (χ0v) is 12.2. The predicted octanol–water partition coefficient (Wildman–Crippen LogP) is 0.693. The zero-order valence-electron chi connectivity index (χ0n) is 10.6. The van der Waals surface area contributed by atoms with E-state index in [4.69, 9.17) is 16.7 Å². The fourth-order valence-corrected chi connectivity index (χ4v) is 2.78. The maximum atomic E-state index is 12.0. The number of anilines is 1. The third-order valence-corrected chi connectivity index (χ3v) is 4.28. The van der Waals surface area contributed by atoms with E-state index >= 15 is 0 Å². The van der Waals surface area contributed by atoms with E-state index in [0.717, 1.165) is 4.31 Å². The number of benzene rings is 1. The monoisotopic (exact) mass is 318 g/mol. The van der Waals surface area contributed by atoms with Crippen LogP contribution >= 0.6 is 11.6 Å². The Bertz CT molecular complexity index is 599. The molecule has 7 nitrogen and oxygen atoms in total. The molecule has 20 heavy (non-hydrogen) atoms. The SMILES string of the molecule is NS(=O)(=O)N1CCN(C(=O)Nc2cccc(Cl)c2)CC1. The van der Waals surface area contributed by atoms with Gasteiger partial charge in [0, 0.05) is 36.9 Å². The molecule has 0 unspecified atom stereocenters. The lowest BCUT2D eigenvalue weighted by molar-refractivity contribution is 0.184. The van der Waals surface area contributed by atoms with Crippen LogP contribution in [0.25, 0.3) is 0 Å². The van der Waals surface area contributed by atoms with Crippen molar-refractivity contribution >= 4 is 33.5 Å². The molecule has 0 aliphatic carbocycles. The first-order chi connectivity index (χ1) is 9.36. The molecular formula is C11H15ClN4O3S. The van der Waals surface area contributed by atoms with Gasteiger partial charge in [0.1, 0.15) is 0 Å². The lowest BCUT2D eigenvalue weighted by atomic mass is 10.3. The Morgan fingerprint density at radius 3 is 2.45 bits per heavy atom. The summed E-state index contributed by atoms with van der Waals surface area (Å²) in [7, 11) is -3.68.